The van der Waals surface area contributed by atoms with Crippen molar-refractivity contribution in [1.82, 2.24) is 0 Å². The molecule has 0 aromatic heterocycles. The molecule has 0 bridgehead atoms. The van der Waals surface area contributed by atoms with E-state index >= 15 is 0 Å². The zero-order valence-corrected chi connectivity index (χ0v) is 9.32. The molecule has 0 unspecified atom stereocenters. The molecule has 0 spiro atoms. The minimum Gasteiger partial charge on any atom is -0.462 e. The van der Waals surface area contributed by atoms with Crippen molar-refractivity contribution in [1.29, 1.82) is 0 Å². The molecule has 1 aromatic rings. The Balaban J connectivity index is 3.35. The van der Waals surface area contributed by atoms with Gasteiger partial charge in [-0.2, -0.15) is 8.42 Å². The molecule has 16 heavy (non-hydrogen) atoms. The van der Waals surface area contributed by atoms with Gasteiger partial charge in [-0.15, -0.1) is 0 Å². The smallest absolute Gasteiger partial charge is 0.339 e. The van der Waals surface area contributed by atoms with Crippen LogP contribution in [-0.4, -0.2) is 25.5 Å². The lowest BCUT2D eigenvalue weighted by molar-refractivity contribution is 0.0521. The second-order valence-corrected chi connectivity index (χ2v) is 4.34. The predicted octanol–water partition coefficient (Wildman–Crippen LogP) is 0.692. The fourth-order valence-electron chi connectivity index (χ4n) is 1.14. The van der Waals surface area contributed by atoms with Crippen LogP contribution < -0.4 is 5.73 Å². The number of nitrogens with two attached hydrogens (primary N) is 1. The lowest BCUT2D eigenvalue weighted by atomic mass is 10.2. The van der Waals surface area contributed by atoms with Gasteiger partial charge >= 0.3 is 5.97 Å². The highest BCUT2D eigenvalue weighted by Crippen LogP contribution is 2.19. The summed E-state index contributed by atoms with van der Waals surface area (Å²) in [5, 5.41) is 0. The second-order valence-electron chi connectivity index (χ2n) is 2.95. The Bertz CT molecular complexity index is 509. The number of carbonyl (C=O) groups is 1. The quantitative estimate of drug-likeness (QED) is 0.461. The number of carbonyl (C=O) groups excluding carboxylic acids is 1. The standard InChI is InChI=1S/C9H11NO5S/c1-2-15-9(11)7-5-6(10)3-4-8(7)16(12,13)14/h3-5H,2,10H2,1H3,(H,12,13,14). The van der Waals surface area contributed by atoms with Crippen molar-refractivity contribution in [2.24, 2.45) is 0 Å². The highest BCUT2D eigenvalue weighted by molar-refractivity contribution is 7.86. The van der Waals surface area contributed by atoms with E-state index in [1.54, 1.807) is 6.92 Å². The molecule has 7 heteroatoms. The fourth-order valence-corrected chi connectivity index (χ4v) is 1.80. The van der Waals surface area contributed by atoms with E-state index in [0.29, 0.717) is 0 Å². The van der Waals surface area contributed by atoms with Gasteiger partial charge in [0.05, 0.1) is 12.2 Å². The number of ether oxygens (including phenoxy) is 1. The Labute approximate surface area is 92.8 Å². The normalized spacial score (nSPS) is 11.1. The zero-order chi connectivity index (χ0) is 12.3. The molecular weight excluding hydrogens is 234 g/mol. The second kappa shape index (κ2) is 4.50. The zero-order valence-electron chi connectivity index (χ0n) is 8.50. The maximum absolute atomic E-state index is 11.4. The van der Waals surface area contributed by atoms with Crippen molar-refractivity contribution >= 4 is 21.8 Å². The van der Waals surface area contributed by atoms with E-state index in [9.17, 15) is 13.2 Å². The Hall–Kier alpha value is -1.60. The third-order valence-corrected chi connectivity index (χ3v) is 2.69. The van der Waals surface area contributed by atoms with E-state index in [1.165, 1.54) is 6.07 Å². The minimum atomic E-state index is -4.47. The summed E-state index contributed by atoms with van der Waals surface area (Å²) in [6.07, 6.45) is 0. The highest BCUT2D eigenvalue weighted by atomic mass is 32.2. The molecule has 0 aliphatic heterocycles. The molecule has 0 aliphatic rings. The molecule has 3 N–H and O–H groups in total. The number of anilines is 1. The van der Waals surface area contributed by atoms with Gasteiger partial charge in [-0.3, -0.25) is 4.55 Å². The van der Waals surface area contributed by atoms with Crippen molar-refractivity contribution in [3.05, 3.63) is 23.8 Å². The van der Waals surface area contributed by atoms with Gasteiger partial charge in [0, 0.05) is 5.69 Å². The van der Waals surface area contributed by atoms with Crippen LogP contribution in [0.1, 0.15) is 17.3 Å². The van der Waals surface area contributed by atoms with Crippen LogP contribution in [0.15, 0.2) is 23.1 Å². The third-order valence-electron chi connectivity index (χ3n) is 1.78. The van der Waals surface area contributed by atoms with Crippen molar-refractivity contribution in [2.75, 3.05) is 12.3 Å². The predicted molar refractivity (Wildman–Crippen MR) is 56.6 cm³/mol. The first-order valence-electron chi connectivity index (χ1n) is 4.40. The van der Waals surface area contributed by atoms with Crippen LogP contribution in [0.3, 0.4) is 0 Å². The molecule has 0 saturated heterocycles. The number of esters is 1. The molecule has 1 aromatic carbocycles. The average Bonchev–Trinajstić information content (AvgIpc) is 2.16. The fraction of sp³-hybridized carbons (Fsp3) is 0.222. The number of rotatable bonds is 3. The third kappa shape index (κ3) is 2.71. The van der Waals surface area contributed by atoms with Gasteiger partial charge in [0.1, 0.15) is 4.90 Å². The van der Waals surface area contributed by atoms with E-state index < -0.39 is 21.0 Å². The monoisotopic (exact) mass is 245 g/mol. The van der Waals surface area contributed by atoms with Crippen LogP contribution >= 0.6 is 0 Å². The molecule has 0 radical (unpaired) electrons. The topological polar surface area (TPSA) is 107 Å². The van der Waals surface area contributed by atoms with Gasteiger partial charge in [-0.05, 0) is 25.1 Å². The first kappa shape index (κ1) is 12.5. The van der Waals surface area contributed by atoms with Crippen LogP contribution in [0.5, 0.6) is 0 Å². The van der Waals surface area contributed by atoms with Crippen LogP contribution in [0.25, 0.3) is 0 Å². The van der Waals surface area contributed by atoms with Gasteiger partial charge in [0.15, 0.2) is 0 Å². The Morgan fingerprint density at radius 1 is 1.50 bits per heavy atom. The molecule has 0 amide bonds. The van der Waals surface area contributed by atoms with Gasteiger partial charge in [0.25, 0.3) is 10.1 Å². The summed E-state index contributed by atoms with van der Waals surface area (Å²) in [6.45, 7) is 1.68. The first-order chi connectivity index (χ1) is 7.36. The van der Waals surface area contributed by atoms with Crippen molar-refractivity contribution < 1.29 is 22.5 Å². The van der Waals surface area contributed by atoms with Crippen molar-refractivity contribution in [3.63, 3.8) is 0 Å². The summed E-state index contributed by atoms with van der Waals surface area (Å²) >= 11 is 0. The summed E-state index contributed by atoms with van der Waals surface area (Å²) < 4.78 is 35.5. The average molecular weight is 245 g/mol. The maximum Gasteiger partial charge on any atom is 0.339 e. The molecule has 6 nitrogen and oxygen atoms in total. The first-order valence-corrected chi connectivity index (χ1v) is 5.84. The van der Waals surface area contributed by atoms with Crippen molar-refractivity contribution in [3.8, 4) is 0 Å². The van der Waals surface area contributed by atoms with E-state index in [0.717, 1.165) is 12.1 Å². The van der Waals surface area contributed by atoms with Crippen LogP contribution in [0, 0.1) is 0 Å². The van der Waals surface area contributed by atoms with Gasteiger partial charge in [-0.25, -0.2) is 4.79 Å². The molecule has 0 heterocycles. The maximum atomic E-state index is 11.4. The number of benzene rings is 1. The van der Waals surface area contributed by atoms with Crippen LogP contribution in [0.2, 0.25) is 0 Å². The van der Waals surface area contributed by atoms with Gasteiger partial charge in [0.2, 0.25) is 0 Å². The molecular formula is C9H11NO5S. The lowest BCUT2D eigenvalue weighted by Gasteiger charge is -2.07. The van der Waals surface area contributed by atoms with E-state index in [-0.39, 0.29) is 17.9 Å². The highest BCUT2D eigenvalue weighted by Gasteiger charge is 2.21. The molecule has 0 saturated carbocycles. The molecule has 1 rings (SSSR count). The molecule has 0 aliphatic carbocycles. The SMILES string of the molecule is CCOC(=O)c1cc(N)ccc1S(=O)(=O)O. The van der Waals surface area contributed by atoms with E-state index in [4.69, 9.17) is 10.3 Å². The minimum absolute atomic E-state index is 0.0958. The van der Waals surface area contributed by atoms with Crippen LogP contribution in [-0.2, 0) is 14.9 Å². The van der Waals surface area contributed by atoms with Gasteiger partial charge in [-0.1, -0.05) is 0 Å². The Morgan fingerprint density at radius 3 is 2.62 bits per heavy atom. The van der Waals surface area contributed by atoms with Crippen molar-refractivity contribution in [2.45, 2.75) is 11.8 Å². The summed E-state index contributed by atoms with van der Waals surface area (Å²) in [6, 6.07) is 3.46. The van der Waals surface area contributed by atoms with Gasteiger partial charge < -0.3 is 10.5 Å². The molecule has 88 valence electrons. The number of hydrogen-bond donors (Lipinski definition) is 2. The Morgan fingerprint density at radius 2 is 2.12 bits per heavy atom. The Kier molecular flexibility index (Phi) is 3.51. The molecule has 0 atom stereocenters. The number of hydrogen-bond acceptors (Lipinski definition) is 5. The van der Waals surface area contributed by atoms with Crippen LogP contribution in [0.4, 0.5) is 5.69 Å². The summed E-state index contributed by atoms with van der Waals surface area (Å²) in [4.78, 5) is 10.9. The molecule has 0 fully saturated rings. The summed E-state index contributed by atoms with van der Waals surface area (Å²) in [5.41, 5.74) is 5.35. The lowest BCUT2D eigenvalue weighted by Crippen LogP contribution is -2.12. The summed E-state index contributed by atoms with van der Waals surface area (Å²) in [5.74, 6) is -0.845. The van der Waals surface area contributed by atoms with E-state index in [2.05, 4.69) is 4.74 Å². The van der Waals surface area contributed by atoms with E-state index in [1.807, 2.05) is 0 Å². The largest absolute Gasteiger partial charge is 0.462 e. The summed E-state index contributed by atoms with van der Waals surface area (Å²) in [7, 11) is -4.47. The number of nitrogen functional groups attached to an aromatic ring is 1.